The average Bonchev–Trinajstić information content (AvgIpc) is 2.89. The number of unbranched alkanes of at least 4 members (excludes halogenated alkanes) is 2. The number of ether oxygens (including phenoxy) is 1. The van der Waals surface area contributed by atoms with E-state index in [1.807, 2.05) is 0 Å². The molecule has 156 valence electrons. The first-order valence-corrected chi connectivity index (χ1v) is 9.15. The van der Waals surface area contributed by atoms with Gasteiger partial charge in [-0.3, -0.25) is 14.2 Å². The Balaban J connectivity index is 2.42. The molecule has 3 N–H and O–H groups in total. The highest BCUT2D eigenvalue weighted by molar-refractivity contribution is 5.98. The van der Waals surface area contributed by atoms with Crippen LogP contribution >= 0.6 is 0 Å². The van der Waals surface area contributed by atoms with Crippen LogP contribution in [0.1, 0.15) is 46.3 Å². The van der Waals surface area contributed by atoms with E-state index in [-0.39, 0.29) is 5.82 Å². The molecule has 10 heteroatoms. The zero-order valence-electron chi connectivity index (χ0n) is 16.1. The first-order valence-electron chi connectivity index (χ1n) is 9.15. The number of anilines is 1. The minimum absolute atomic E-state index is 0.283. The molecule has 1 aliphatic heterocycles. The van der Waals surface area contributed by atoms with Crippen molar-refractivity contribution < 1.29 is 28.9 Å². The van der Waals surface area contributed by atoms with Crippen LogP contribution in [0.15, 0.2) is 17.1 Å². The highest BCUT2D eigenvalue weighted by atomic mass is 19.1. The minimum atomic E-state index is -2.85. The summed E-state index contributed by atoms with van der Waals surface area (Å²) in [7, 11) is 0. The molecule has 0 bridgehead atoms. The highest BCUT2D eigenvalue weighted by Crippen LogP contribution is 2.46. The molecule has 1 aromatic rings. The van der Waals surface area contributed by atoms with Gasteiger partial charge in [0.05, 0.1) is 0 Å². The molecule has 2 rings (SSSR count). The van der Waals surface area contributed by atoms with Crippen LogP contribution in [-0.4, -0.2) is 61.9 Å². The predicted octanol–water partition coefficient (Wildman–Crippen LogP) is 0.352. The molecule has 0 saturated carbocycles. The maximum absolute atomic E-state index is 13.4. The number of alkyl halides is 1. The fourth-order valence-electron chi connectivity index (χ4n) is 3.42. The molecule has 28 heavy (non-hydrogen) atoms. The summed E-state index contributed by atoms with van der Waals surface area (Å²) in [5, 5.41) is 24.7. The Labute approximate surface area is 161 Å². The molecule has 0 amide bonds. The van der Waals surface area contributed by atoms with Crippen LogP contribution in [0.25, 0.3) is 0 Å². The second-order valence-corrected chi connectivity index (χ2v) is 6.91. The van der Waals surface area contributed by atoms with Crippen molar-refractivity contribution in [2.45, 2.75) is 63.6 Å². The fraction of sp³-hybridized carbons (Fsp3) is 0.667. The van der Waals surface area contributed by atoms with Gasteiger partial charge in [-0.1, -0.05) is 19.8 Å². The molecule has 0 unspecified atom stereocenters. The molecular weight excluding hydrogens is 373 g/mol. The number of carbonyl (C=O) groups excluding carboxylic acids is 2. The number of nitrogens with one attached hydrogen (secondary N) is 1. The van der Waals surface area contributed by atoms with Gasteiger partial charge in [-0.05, 0) is 26.3 Å². The van der Waals surface area contributed by atoms with Crippen LogP contribution in [0.4, 0.5) is 10.2 Å². The van der Waals surface area contributed by atoms with Crippen molar-refractivity contribution in [2.75, 3.05) is 18.5 Å². The van der Waals surface area contributed by atoms with E-state index < -0.39 is 47.5 Å². The average molecular weight is 399 g/mol. The summed E-state index contributed by atoms with van der Waals surface area (Å²) < 4.78 is 19.5. The largest absolute Gasteiger partial charge is 0.376 e. The third-order valence-corrected chi connectivity index (χ3v) is 5.08. The molecule has 0 aromatic carbocycles. The third-order valence-electron chi connectivity index (χ3n) is 5.08. The quantitative estimate of drug-likeness (QED) is 0.507. The van der Waals surface area contributed by atoms with Gasteiger partial charge >= 0.3 is 5.69 Å². The molecule has 0 aliphatic carbocycles. The lowest BCUT2D eigenvalue weighted by atomic mass is 9.75. The van der Waals surface area contributed by atoms with Gasteiger partial charge in [0.2, 0.25) is 5.60 Å². The Morgan fingerprint density at radius 2 is 1.93 bits per heavy atom. The van der Waals surface area contributed by atoms with Gasteiger partial charge in [-0.15, -0.1) is 0 Å². The van der Waals surface area contributed by atoms with Crippen LogP contribution in [0, 0.1) is 0 Å². The summed E-state index contributed by atoms with van der Waals surface area (Å²) in [6, 6.07) is 1.42. The zero-order chi connectivity index (χ0) is 21.1. The van der Waals surface area contributed by atoms with Gasteiger partial charge in [0, 0.05) is 12.7 Å². The van der Waals surface area contributed by atoms with E-state index in [4.69, 9.17) is 4.74 Å². The Morgan fingerprint density at radius 3 is 2.43 bits per heavy atom. The summed E-state index contributed by atoms with van der Waals surface area (Å²) in [5.41, 5.74) is -6.58. The Morgan fingerprint density at radius 1 is 1.29 bits per heavy atom. The van der Waals surface area contributed by atoms with Crippen molar-refractivity contribution in [1.82, 2.24) is 9.55 Å². The van der Waals surface area contributed by atoms with Crippen LogP contribution in [0.3, 0.4) is 0 Å². The number of halogens is 1. The van der Waals surface area contributed by atoms with Crippen LogP contribution < -0.4 is 11.0 Å². The number of Topliss-reactive ketones (excluding diaryl/α,β-unsaturated/α-hetero) is 2. The maximum atomic E-state index is 13.4. The molecule has 4 atom stereocenters. The van der Waals surface area contributed by atoms with Crippen molar-refractivity contribution in [3.05, 3.63) is 22.7 Å². The summed E-state index contributed by atoms with van der Waals surface area (Å²) in [6.45, 7) is 3.15. The zero-order valence-corrected chi connectivity index (χ0v) is 16.1. The van der Waals surface area contributed by atoms with Crippen molar-refractivity contribution in [1.29, 1.82) is 0 Å². The molecule has 1 aliphatic rings. The highest BCUT2D eigenvalue weighted by Gasteiger charge is 2.72. The van der Waals surface area contributed by atoms with Gasteiger partial charge in [-0.2, -0.15) is 4.98 Å². The number of aromatic nitrogens is 2. The van der Waals surface area contributed by atoms with Crippen molar-refractivity contribution in [3.63, 3.8) is 0 Å². The number of ketones is 2. The first kappa shape index (κ1) is 22.1. The molecular formula is C18H26FN3O6. The molecule has 2 heterocycles. The fourth-order valence-corrected chi connectivity index (χ4v) is 3.42. The Bertz CT molecular complexity index is 800. The SMILES string of the molecule is CCCCCNc1ccn([C@@H]2O[C@H](CF)[C@](O)(C(C)=O)[C@]2(O)C(C)=O)c(=O)n1. The lowest BCUT2D eigenvalue weighted by Crippen LogP contribution is -2.66. The molecule has 0 spiro atoms. The first-order chi connectivity index (χ1) is 13.1. The Hall–Kier alpha value is -2.17. The third kappa shape index (κ3) is 3.47. The molecule has 0 radical (unpaired) electrons. The molecule has 9 nitrogen and oxygen atoms in total. The van der Waals surface area contributed by atoms with Crippen molar-refractivity contribution in [3.8, 4) is 0 Å². The van der Waals surface area contributed by atoms with E-state index in [0.717, 1.165) is 37.7 Å². The van der Waals surface area contributed by atoms with Gasteiger partial charge in [0.1, 0.15) is 18.6 Å². The number of aliphatic hydroxyl groups is 2. The van der Waals surface area contributed by atoms with Gasteiger partial charge in [0.15, 0.2) is 23.4 Å². The van der Waals surface area contributed by atoms with Crippen molar-refractivity contribution >= 4 is 17.4 Å². The number of nitrogens with zero attached hydrogens (tertiary/aromatic N) is 2. The van der Waals surface area contributed by atoms with Crippen LogP contribution in [0.2, 0.25) is 0 Å². The van der Waals surface area contributed by atoms with E-state index in [1.165, 1.54) is 12.3 Å². The number of carbonyl (C=O) groups is 2. The number of hydrogen-bond acceptors (Lipinski definition) is 8. The van der Waals surface area contributed by atoms with E-state index in [0.29, 0.717) is 6.54 Å². The van der Waals surface area contributed by atoms with E-state index >= 15 is 0 Å². The van der Waals surface area contributed by atoms with E-state index in [1.54, 1.807) is 0 Å². The molecule has 1 saturated heterocycles. The van der Waals surface area contributed by atoms with Gasteiger partial charge < -0.3 is 20.3 Å². The Kier molecular flexibility index (Phi) is 6.68. The minimum Gasteiger partial charge on any atom is -0.376 e. The van der Waals surface area contributed by atoms with E-state index in [9.17, 15) is 29.0 Å². The standard InChI is InChI=1S/C18H26FN3O6/c1-4-5-6-8-20-14-7-9-22(16(25)21-14)15-18(27,12(3)24)17(26,11(2)23)13(10-19)28-15/h7,9,13,15,26-27H,4-6,8,10H2,1-3H3,(H,20,21,25)/t13-,15-,17-,18+/m1/s1. The number of hydrogen-bond donors (Lipinski definition) is 3. The second kappa shape index (κ2) is 8.46. The summed E-state index contributed by atoms with van der Waals surface area (Å²) in [6.07, 6.45) is 0.517. The normalized spacial score (nSPS) is 29.6. The lowest BCUT2D eigenvalue weighted by Gasteiger charge is -2.36. The maximum Gasteiger partial charge on any atom is 0.351 e. The second-order valence-electron chi connectivity index (χ2n) is 6.91. The smallest absolute Gasteiger partial charge is 0.351 e. The van der Waals surface area contributed by atoms with Crippen LogP contribution in [0.5, 0.6) is 0 Å². The monoisotopic (exact) mass is 399 g/mol. The predicted molar refractivity (Wildman–Crippen MR) is 97.7 cm³/mol. The summed E-state index contributed by atoms with van der Waals surface area (Å²) in [5.74, 6) is -1.81. The van der Waals surface area contributed by atoms with Crippen molar-refractivity contribution in [2.24, 2.45) is 0 Å². The summed E-state index contributed by atoms with van der Waals surface area (Å²) >= 11 is 0. The van der Waals surface area contributed by atoms with Crippen LogP contribution in [-0.2, 0) is 14.3 Å². The van der Waals surface area contributed by atoms with Gasteiger partial charge in [-0.25, -0.2) is 9.18 Å². The molecule has 1 fully saturated rings. The number of rotatable bonds is 9. The topological polar surface area (TPSA) is 131 Å². The lowest BCUT2D eigenvalue weighted by molar-refractivity contribution is -0.181. The molecule has 1 aromatic heterocycles. The van der Waals surface area contributed by atoms with Gasteiger partial charge in [0.25, 0.3) is 0 Å². The van der Waals surface area contributed by atoms with E-state index in [2.05, 4.69) is 17.2 Å². The summed E-state index contributed by atoms with van der Waals surface area (Å²) in [4.78, 5) is 40.5.